The van der Waals surface area contributed by atoms with Gasteiger partial charge in [0, 0.05) is 17.2 Å². The zero-order valence-corrected chi connectivity index (χ0v) is 15.7. The number of hydrogen-bond donors (Lipinski definition) is 0. The third-order valence-corrected chi connectivity index (χ3v) is 4.14. The molecule has 0 fully saturated rings. The van der Waals surface area contributed by atoms with Crippen molar-refractivity contribution in [2.24, 2.45) is 4.99 Å². The highest BCUT2D eigenvalue weighted by Crippen LogP contribution is 2.34. The van der Waals surface area contributed by atoms with E-state index in [1.165, 1.54) is 31.4 Å². The third kappa shape index (κ3) is 3.81. The van der Waals surface area contributed by atoms with E-state index < -0.39 is 10.9 Å². The lowest BCUT2D eigenvalue weighted by Gasteiger charge is -2.11. The summed E-state index contributed by atoms with van der Waals surface area (Å²) in [5.74, 6) is 0.258. The molecule has 0 unspecified atom stereocenters. The molecular formula is C19H15ClN2O6. The predicted molar refractivity (Wildman–Crippen MR) is 103 cm³/mol. The van der Waals surface area contributed by atoms with Crippen LogP contribution in [0.2, 0.25) is 5.02 Å². The first kappa shape index (κ1) is 19.4. The van der Waals surface area contributed by atoms with Crippen LogP contribution in [0.4, 0.5) is 5.69 Å². The summed E-state index contributed by atoms with van der Waals surface area (Å²) in [6, 6.07) is 9.27. The van der Waals surface area contributed by atoms with Crippen LogP contribution < -0.4 is 9.47 Å². The molecular weight excluding hydrogens is 388 g/mol. The van der Waals surface area contributed by atoms with Gasteiger partial charge in [0.2, 0.25) is 5.90 Å². The second kappa shape index (κ2) is 8.10. The van der Waals surface area contributed by atoms with Crippen molar-refractivity contribution in [1.82, 2.24) is 0 Å². The molecule has 2 aromatic rings. The van der Waals surface area contributed by atoms with Crippen molar-refractivity contribution in [3.63, 3.8) is 0 Å². The maximum absolute atomic E-state index is 12.2. The Balaban J connectivity index is 2.01. The van der Waals surface area contributed by atoms with E-state index in [1.54, 1.807) is 18.2 Å². The number of nitro groups is 1. The number of methoxy groups -OCH3 is 1. The molecule has 0 aliphatic carbocycles. The van der Waals surface area contributed by atoms with Crippen LogP contribution >= 0.6 is 11.6 Å². The largest absolute Gasteiger partial charge is 0.493 e. The number of aliphatic imine (C=N–C) groups is 1. The summed E-state index contributed by atoms with van der Waals surface area (Å²) in [5, 5.41) is 11.0. The molecule has 0 N–H and O–H groups in total. The number of rotatable bonds is 6. The predicted octanol–water partition coefficient (Wildman–Crippen LogP) is 4.00. The number of nitrogens with zero attached hydrogens (tertiary/aromatic N) is 2. The Bertz CT molecular complexity index is 1020. The van der Waals surface area contributed by atoms with Gasteiger partial charge in [0.15, 0.2) is 17.2 Å². The van der Waals surface area contributed by atoms with Gasteiger partial charge >= 0.3 is 5.97 Å². The minimum atomic E-state index is -0.683. The molecule has 8 nitrogen and oxygen atoms in total. The summed E-state index contributed by atoms with van der Waals surface area (Å²) in [6.07, 6.45) is 1.51. The van der Waals surface area contributed by atoms with Gasteiger partial charge in [0.05, 0.1) is 18.6 Å². The molecule has 1 aliphatic rings. The molecule has 0 saturated carbocycles. The van der Waals surface area contributed by atoms with E-state index in [-0.39, 0.29) is 27.9 Å². The standard InChI is InChI=1S/C19H15ClN2O6/c1-3-27-17-11(5-4-6-16(17)26-2)9-14-19(23)28-18(21-14)12-7-8-13(20)15(10-12)22(24)25/h4-10H,3H2,1-2H3/b14-9-. The molecule has 0 bridgehead atoms. The highest BCUT2D eigenvalue weighted by atomic mass is 35.5. The van der Waals surface area contributed by atoms with Crippen LogP contribution in [0.15, 0.2) is 47.1 Å². The van der Waals surface area contributed by atoms with Crippen molar-refractivity contribution in [2.45, 2.75) is 6.92 Å². The second-order valence-electron chi connectivity index (χ2n) is 5.57. The molecule has 3 rings (SSSR count). The Labute approximate surface area is 165 Å². The highest BCUT2D eigenvalue weighted by molar-refractivity contribution is 6.32. The number of esters is 1. The van der Waals surface area contributed by atoms with E-state index in [9.17, 15) is 14.9 Å². The molecule has 0 spiro atoms. The number of carbonyl (C=O) groups excluding carboxylic acids is 1. The Morgan fingerprint density at radius 2 is 2.11 bits per heavy atom. The number of nitro benzene ring substituents is 1. The van der Waals surface area contributed by atoms with Gasteiger partial charge in [-0.1, -0.05) is 23.7 Å². The van der Waals surface area contributed by atoms with Gasteiger partial charge < -0.3 is 14.2 Å². The number of cyclic esters (lactones) is 1. The van der Waals surface area contributed by atoms with E-state index >= 15 is 0 Å². The molecule has 2 aromatic carbocycles. The highest BCUT2D eigenvalue weighted by Gasteiger charge is 2.26. The summed E-state index contributed by atoms with van der Waals surface area (Å²) >= 11 is 5.81. The number of halogens is 1. The smallest absolute Gasteiger partial charge is 0.363 e. The average Bonchev–Trinajstić information content (AvgIpc) is 3.03. The maximum atomic E-state index is 12.2. The molecule has 144 valence electrons. The Morgan fingerprint density at radius 1 is 1.32 bits per heavy atom. The number of benzene rings is 2. The summed E-state index contributed by atoms with van der Waals surface area (Å²) in [5.41, 5.74) is 0.576. The Hall–Kier alpha value is -3.39. The van der Waals surface area contributed by atoms with Gasteiger partial charge in [-0.15, -0.1) is 0 Å². The van der Waals surface area contributed by atoms with E-state index in [0.717, 1.165) is 0 Å². The van der Waals surface area contributed by atoms with E-state index in [1.807, 2.05) is 6.92 Å². The maximum Gasteiger partial charge on any atom is 0.363 e. The molecule has 0 radical (unpaired) electrons. The van der Waals surface area contributed by atoms with E-state index in [4.69, 9.17) is 25.8 Å². The fraction of sp³-hybridized carbons (Fsp3) is 0.158. The van der Waals surface area contributed by atoms with Gasteiger partial charge in [-0.3, -0.25) is 10.1 Å². The van der Waals surface area contributed by atoms with Gasteiger partial charge in [0.25, 0.3) is 5.69 Å². The SMILES string of the molecule is CCOc1c(/C=C2\N=C(c3ccc(Cl)c([N+](=O)[O-])c3)OC2=O)cccc1OC. The normalized spacial score (nSPS) is 14.6. The van der Waals surface area contributed by atoms with Crippen LogP contribution in [0.3, 0.4) is 0 Å². The lowest BCUT2D eigenvalue weighted by molar-refractivity contribution is -0.384. The fourth-order valence-corrected chi connectivity index (χ4v) is 2.76. The van der Waals surface area contributed by atoms with Crippen molar-refractivity contribution in [2.75, 3.05) is 13.7 Å². The third-order valence-electron chi connectivity index (χ3n) is 3.82. The van der Waals surface area contributed by atoms with Crippen molar-refractivity contribution in [3.8, 4) is 11.5 Å². The van der Waals surface area contributed by atoms with E-state index in [0.29, 0.717) is 23.7 Å². The van der Waals surface area contributed by atoms with Crippen LogP contribution in [0, 0.1) is 10.1 Å². The minimum absolute atomic E-state index is 0.0211. The van der Waals surface area contributed by atoms with Gasteiger partial charge in [-0.05, 0) is 31.2 Å². The lowest BCUT2D eigenvalue weighted by atomic mass is 10.1. The Morgan fingerprint density at radius 3 is 2.79 bits per heavy atom. The van der Waals surface area contributed by atoms with Crippen LogP contribution in [-0.2, 0) is 9.53 Å². The second-order valence-corrected chi connectivity index (χ2v) is 5.98. The molecule has 1 heterocycles. The monoisotopic (exact) mass is 402 g/mol. The van der Waals surface area contributed by atoms with Crippen molar-refractivity contribution in [1.29, 1.82) is 0 Å². The summed E-state index contributed by atoms with van der Waals surface area (Å²) in [6.45, 7) is 2.24. The fourth-order valence-electron chi connectivity index (χ4n) is 2.57. The van der Waals surface area contributed by atoms with Crippen molar-refractivity contribution >= 4 is 35.2 Å². The first-order valence-electron chi connectivity index (χ1n) is 8.21. The lowest BCUT2D eigenvalue weighted by Crippen LogP contribution is -2.06. The average molecular weight is 403 g/mol. The number of para-hydroxylation sites is 1. The van der Waals surface area contributed by atoms with Crippen LogP contribution in [0.1, 0.15) is 18.1 Å². The quantitative estimate of drug-likeness (QED) is 0.313. The molecule has 1 aliphatic heterocycles. The summed E-state index contributed by atoms with van der Waals surface area (Å²) in [7, 11) is 1.52. The molecule has 0 amide bonds. The number of ether oxygens (including phenoxy) is 3. The van der Waals surface area contributed by atoms with Gasteiger partial charge in [-0.2, -0.15) is 0 Å². The van der Waals surface area contributed by atoms with Gasteiger partial charge in [-0.25, -0.2) is 9.79 Å². The first-order valence-corrected chi connectivity index (χ1v) is 8.59. The summed E-state index contributed by atoms with van der Waals surface area (Å²) < 4.78 is 16.1. The molecule has 9 heteroatoms. The first-order chi connectivity index (χ1) is 13.4. The van der Waals surface area contributed by atoms with Gasteiger partial charge in [0.1, 0.15) is 5.02 Å². The van der Waals surface area contributed by atoms with Crippen LogP contribution in [0.5, 0.6) is 11.5 Å². The van der Waals surface area contributed by atoms with Crippen LogP contribution in [0.25, 0.3) is 6.08 Å². The van der Waals surface area contributed by atoms with Crippen molar-refractivity contribution in [3.05, 3.63) is 68.4 Å². The number of hydrogen-bond acceptors (Lipinski definition) is 7. The zero-order valence-electron chi connectivity index (χ0n) is 15.0. The summed E-state index contributed by atoms with van der Waals surface area (Å²) in [4.78, 5) is 26.8. The molecule has 28 heavy (non-hydrogen) atoms. The van der Waals surface area contributed by atoms with Crippen molar-refractivity contribution < 1.29 is 23.9 Å². The Kier molecular flexibility index (Phi) is 5.60. The minimum Gasteiger partial charge on any atom is -0.493 e. The zero-order chi connectivity index (χ0) is 20.3. The number of carbonyl (C=O) groups is 1. The topological polar surface area (TPSA) is 100 Å². The van der Waals surface area contributed by atoms with E-state index in [2.05, 4.69) is 4.99 Å². The molecule has 0 saturated heterocycles. The molecule has 0 aromatic heterocycles. The van der Waals surface area contributed by atoms with Crippen LogP contribution in [-0.4, -0.2) is 30.5 Å². The molecule has 0 atom stereocenters.